The lowest BCUT2D eigenvalue weighted by Gasteiger charge is -2.39. The second-order valence-corrected chi connectivity index (χ2v) is 13.6. The van der Waals surface area contributed by atoms with Gasteiger partial charge in [-0.1, -0.05) is 120 Å². The predicted octanol–water partition coefficient (Wildman–Crippen LogP) is 8.74. The van der Waals surface area contributed by atoms with Crippen molar-refractivity contribution < 1.29 is 19.3 Å². The summed E-state index contributed by atoms with van der Waals surface area (Å²) in [7, 11) is 0. The fourth-order valence-electron chi connectivity index (χ4n) is 8.38. The summed E-state index contributed by atoms with van der Waals surface area (Å²) in [6.07, 6.45) is 0. The van der Waals surface area contributed by atoms with Crippen molar-refractivity contribution in [2.24, 2.45) is 11.8 Å². The molecule has 0 unspecified atom stereocenters. The maximum Gasteiger partial charge on any atom is 0.271 e. The highest BCUT2D eigenvalue weighted by atomic mass is 35.5. The normalized spacial score (nSPS) is 24.1. The number of hydrogen-bond donors (Lipinski definition) is 0. The van der Waals surface area contributed by atoms with Crippen molar-refractivity contribution in [2.45, 2.75) is 10.8 Å². The number of hydrogen-bond acceptors (Lipinski definition) is 5. The molecule has 8 rings (SSSR count). The number of non-ortho nitro benzene ring substituents is 1. The highest BCUT2D eigenvalue weighted by molar-refractivity contribution is 6.41. The Morgan fingerprint density at radius 3 is 1.43 bits per heavy atom. The van der Waals surface area contributed by atoms with Gasteiger partial charge in [-0.15, -0.1) is 0 Å². The zero-order valence-electron chi connectivity index (χ0n) is 25.3. The molecule has 1 saturated heterocycles. The molecular formula is C39H23Cl3N2O5. The van der Waals surface area contributed by atoms with E-state index in [1.807, 2.05) is 60.7 Å². The maximum absolute atomic E-state index is 16.0. The van der Waals surface area contributed by atoms with E-state index in [1.165, 1.54) is 12.1 Å². The zero-order valence-corrected chi connectivity index (χ0v) is 27.6. The van der Waals surface area contributed by atoms with Crippen LogP contribution in [0.5, 0.6) is 0 Å². The van der Waals surface area contributed by atoms with Gasteiger partial charge in [-0.2, -0.15) is 0 Å². The fraction of sp³-hybridized carbons (Fsp3) is 0.103. The van der Waals surface area contributed by atoms with E-state index in [2.05, 4.69) is 0 Å². The van der Waals surface area contributed by atoms with Gasteiger partial charge in [0.1, 0.15) is 0 Å². The number of allylic oxidation sites excluding steroid dienone is 2. The highest BCUT2D eigenvalue weighted by Crippen LogP contribution is 2.74. The molecule has 49 heavy (non-hydrogen) atoms. The van der Waals surface area contributed by atoms with E-state index in [0.717, 1.165) is 11.0 Å². The van der Waals surface area contributed by atoms with Crippen molar-refractivity contribution >= 4 is 74.9 Å². The molecule has 2 bridgehead atoms. The monoisotopic (exact) mass is 704 g/mol. The zero-order chi connectivity index (χ0) is 34.2. The number of carbonyl (C=O) groups excluding carboxylic acids is 3. The van der Waals surface area contributed by atoms with Gasteiger partial charge >= 0.3 is 0 Å². The average Bonchev–Trinajstić information content (AvgIpc) is 3.61. The van der Waals surface area contributed by atoms with E-state index in [4.69, 9.17) is 34.8 Å². The van der Waals surface area contributed by atoms with Gasteiger partial charge in [-0.3, -0.25) is 24.5 Å². The minimum absolute atomic E-state index is 0.0217. The van der Waals surface area contributed by atoms with Crippen molar-refractivity contribution in [3.05, 3.63) is 175 Å². The van der Waals surface area contributed by atoms with Crippen molar-refractivity contribution in [1.29, 1.82) is 0 Å². The quantitative estimate of drug-likeness (QED) is 0.100. The second-order valence-electron chi connectivity index (χ2n) is 12.3. The molecule has 0 spiro atoms. The van der Waals surface area contributed by atoms with Crippen molar-refractivity contribution in [3.63, 3.8) is 0 Å². The first kappa shape index (κ1) is 31.2. The number of fused-ring (bicyclic) bond motifs is 5. The number of halogens is 3. The smallest absolute Gasteiger partial charge is 0.271 e. The number of nitro groups is 1. The third-order valence-corrected chi connectivity index (χ3v) is 10.9. The van der Waals surface area contributed by atoms with Crippen LogP contribution in [0.15, 0.2) is 127 Å². The molecule has 2 fully saturated rings. The number of anilines is 1. The SMILES string of the molecule is O=C1[C@@H]2[C@@H](C(=O)N1c1cc([N+](=O)[O-])ccc1Cl)[C@@]1(c3ccc(Cl)cc3)C(=O)[C@@]2(c2ccc(Cl)cc2)C(c2ccccc2)=C1c1ccccc1. The number of Topliss-reactive ketones (excluding diaryl/α,β-unsaturated/α-hetero) is 1. The number of nitro benzene ring substituents is 1. The van der Waals surface area contributed by atoms with Gasteiger partial charge in [-0.25, -0.2) is 4.90 Å². The summed E-state index contributed by atoms with van der Waals surface area (Å²) in [5.74, 6) is -4.19. The highest BCUT2D eigenvalue weighted by Gasteiger charge is 2.82. The second kappa shape index (κ2) is 11.2. The minimum Gasteiger partial charge on any atom is -0.297 e. The van der Waals surface area contributed by atoms with Crippen LogP contribution in [0, 0.1) is 22.0 Å². The Labute approximate surface area is 295 Å². The number of rotatable bonds is 6. The van der Waals surface area contributed by atoms with Gasteiger partial charge in [-0.05, 0) is 63.7 Å². The molecule has 1 heterocycles. The van der Waals surface area contributed by atoms with E-state index in [-0.39, 0.29) is 22.2 Å². The van der Waals surface area contributed by atoms with Crippen molar-refractivity contribution in [1.82, 2.24) is 0 Å². The number of imide groups is 1. The molecule has 7 nitrogen and oxygen atoms in total. The molecule has 4 atom stereocenters. The van der Waals surface area contributed by atoms with Gasteiger partial charge in [0.15, 0.2) is 5.78 Å². The number of benzene rings is 5. The molecule has 1 saturated carbocycles. The first-order valence-corrected chi connectivity index (χ1v) is 16.5. The number of amides is 2. The molecular weight excluding hydrogens is 683 g/mol. The summed E-state index contributed by atoms with van der Waals surface area (Å²) in [5, 5.41) is 12.7. The lowest BCUT2D eigenvalue weighted by atomic mass is 9.59. The maximum atomic E-state index is 16.0. The topological polar surface area (TPSA) is 97.6 Å². The van der Waals surface area contributed by atoms with Crippen LogP contribution in [0.25, 0.3) is 11.1 Å². The van der Waals surface area contributed by atoms with E-state index in [9.17, 15) is 10.1 Å². The summed E-state index contributed by atoms with van der Waals surface area (Å²) in [6, 6.07) is 35.9. The summed E-state index contributed by atoms with van der Waals surface area (Å²) in [6.45, 7) is 0. The third kappa shape index (κ3) is 4.13. The third-order valence-electron chi connectivity index (χ3n) is 10.1. The molecule has 2 aliphatic carbocycles. The molecule has 0 radical (unpaired) electrons. The predicted molar refractivity (Wildman–Crippen MR) is 189 cm³/mol. The molecule has 5 aromatic carbocycles. The van der Waals surface area contributed by atoms with Gasteiger partial charge in [0.25, 0.3) is 5.69 Å². The first-order valence-electron chi connectivity index (χ1n) is 15.4. The van der Waals surface area contributed by atoms with Gasteiger partial charge in [0, 0.05) is 22.2 Å². The summed E-state index contributed by atoms with van der Waals surface area (Å²) < 4.78 is 0. The summed E-state index contributed by atoms with van der Waals surface area (Å²) in [5.41, 5.74) is -0.261. The Kier molecular flexibility index (Phi) is 7.16. The van der Waals surface area contributed by atoms with E-state index in [1.54, 1.807) is 48.5 Å². The molecule has 0 aromatic heterocycles. The summed E-state index contributed by atoms with van der Waals surface area (Å²) in [4.78, 5) is 58.3. The molecule has 240 valence electrons. The molecule has 3 aliphatic rings. The largest absolute Gasteiger partial charge is 0.297 e. The Balaban J connectivity index is 1.55. The van der Waals surface area contributed by atoms with E-state index in [0.29, 0.717) is 43.4 Å². The van der Waals surface area contributed by atoms with Crippen LogP contribution in [-0.4, -0.2) is 22.5 Å². The number of nitrogens with zero attached hydrogens (tertiary/aromatic N) is 2. The van der Waals surface area contributed by atoms with Gasteiger partial charge in [0.05, 0.1) is 38.3 Å². The summed E-state index contributed by atoms with van der Waals surface area (Å²) >= 11 is 19.4. The molecule has 2 amide bonds. The minimum atomic E-state index is -1.68. The van der Waals surface area contributed by atoms with Crippen LogP contribution in [-0.2, 0) is 25.2 Å². The average molecular weight is 706 g/mol. The Morgan fingerprint density at radius 1 is 0.592 bits per heavy atom. The Bertz CT molecular complexity index is 2130. The lowest BCUT2D eigenvalue weighted by Crippen LogP contribution is -2.45. The van der Waals surface area contributed by atoms with Crippen LogP contribution < -0.4 is 4.90 Å². The van der Waals surface area contributed by atoms with E-state index >= 15 is 14.4 Å². The Hall–Kier alpha value is -5.08. The molecule has 1 aliphatic heterocycles. The molecule has 0 N–H and O–H groups in total. The molecule has 5 aromatic rings. The van der Waals surface area contributed by atoms with Crippen LogP contribution in [0.1, 0.15) is 22.3 Å². The van der Waals surface area contributed by atoms with Crippen LogP contribution >= 0.6 is 34.8 Å². The van der Waals surface area contributed by atoms with Gasteiger partial charge < -0.3 is 0 Å². The van der Waals surface area contributed by atoms with Crippen molar-refractivity contribution in [2.75, 3.05) is 4.90 Å². The fourth-order valence-corrected chi connectivity index (χ4v) is 8.83. The van der Waals surface area contributed by atoms with E-state index < -0.39 is 39.4 Å². The Morgan fingerprint density at radius 2 is 1.02 bits per heavy atom. The van der Waals surface area contributed by atoms with Crippen LogP contribution in [0.3, 0.4) is 0 Å². The number of carbonyl (C=O) groups is 3. The standard InChI is InChI=1S/C39H23Cl3N2O5/c40-26-15-11-24(12-16-26)38-31(22-7-3-1-4-8-22)32(23-9-5-2-6-10-23)39(37(38)47,25-13-17-27(41)18-14-25)34-33(38)35(45)43(36(34)46)30-21-28(44(48)49)19-20-29(30)42/h1-21,33-34H/t33-,34-,38-,39-/m0/s1. The van der Waals surface area contributed by atoms with Crippen molar-refractivity contribution in [3.8, 4) is 0 Å². The molecule has 10 heteroatoms. The lowest BCUT2D eigenvalue weighted by molar-refractivity contribution is -0.384. The van der Waals surface area contributed by atoms with Gasteiger partial charge in [0.2, 0.25) is 11.8 Å². The number of ketones is 1. The van der Waals surface area contributed by atoms with Crippen LogP contribution in [0.4, 0.5) is 11.4 Å². The first-order chi connectivity index (χ1) is 23.6. The van der Waals surface area contributed by atoms with Crippen LogP contribution in [0.2, 0.25) is 15.1 Å².